The lowest BCUT2D eigenvalue weighted by atomic mass is 9.75. The predicted octanol–water partition coefficient (Wildman–Crippen LogP) is 2.65. The maximum absolute atomic E-state index is 12.1. The molecular weight excluding hydrogens is 256 g/mol. The average molecular weight is 282 g/mol. The Labute approximate surface area is 120 Å². The third-order valence-electron chi connectivity index (χ3n) is 5.02. The van der Waals surface area contributed by atoms with Crippen LogP contribution in [0.1, 0.15) is 64.7 Å². The van der Waals surface area contributed by atoms with Crippen molar-refractivity contribution in [2.24, 2.45) is 5.92 Å². The van der Waals surface area contributed by atoms with Crippen LogP contribution in [0.2, 0.25) is 0 Å². The van der Waals surface area contributed by atoms with Crippen LogP contribution in [0.3, 0.4) is 0 Å². The van der Waals surface area contributed by atoms with E-state index in [1.165, 1.54) is 0 Å². The Kier molecular flexibility index (Phi) is 4.89. The SMILES string of the molecule is CCC1(NC(=O)NC2CCCCCC2C(=O)O)CCC1. The molecule has 5 heteroatoms. The Morgan fingerprint density at radius 2 is 1.85 bits per heavy atom. The molecule has 2 aliphatic carbocycles. The van der Waals surface area contributed by atoms with E-state index in [9.17, 15) is 14.7 Å². The lowest BCUT2D eigenvalue weighted by Crippen LogP contribution is -2.58. The standard InChI is InChI=1S/C15H26N2O3/c1-2-15(9-6-10-15)17-14(20)16-12-8-5-3-4-7-11(12)13(18)19/h11-12H,2-10H2,1H3,(H,18,19)(H2,16,17,20). The number of carboxylic acids is 1. The first-order valence-corrected chi connectivity index (χ1v) is 7.88. The summed E-state index contributed by atoms with van der Waals surface area (Å²) >= 11 is 0. The van der Waals surface area contributed by atoms with Gasteiger partial charge in [-0.05, 0) is 38.5 Å². The van der Waals surface area contributed by atoms with E-state index in [-0.39, 0.29) is 17.6 Å². The van der Waals surface area contributed by atoms with Crippen LogP contribution in [0.4, 0.5) is 4.79 Å². The van der Waals surface area contributed by atoms with Crippen LogP contribution in [-0.4, -0.2) is 28.7 Å². The quantitative estimate of drug-likeness (QED) is 0.694. The Morgan fingerprint density at radius 3 is 2.40 bits per heavy atom. The molecule has 0 aliphatic heterocycles. The Bertz CT molecular complexity index is 361. The van der Waals surface area contributed by atoms with Crippen LogP contribution >= 0.6 is 0 Å². The minimum Gasteiger partial charge on any atom is -0.481 e. The summed E-state index contributed by atoms with van der Waals surface area (Å²) in [4.78, 5) is 23.5. The Morgan fingerprint density at radius 1 is 1.15 bits per heavy atom. The van der Waals surface area contributed by atoms with Crippen molar-refractivity contribution in [3.05, 3.63) is 0 Å². The molecular formula is C15H26N2O3. The molecule has 0 saturated heterocycles. The first-order valence-electron chi connectivity index (χ1n) is 7.88. The van der Waals surface area contributed by atoms with Crippen LogP contribution in [0.15, 0.2) is 0 Å². The minimum atomic E-state index is -0.786. The molecule has 0 radical (unpaired) electrons. The smallest absolute Gasteiger partial charge is 0.315 e. The fourth-order valence-electron chi connectivity index (χ4n) is 3.39. The average Bonchev–Trinajstić information content (AvgIpc) is 2.59. The Balaban J connectivity index is 1.92. The number of carbonyl (C=O) groups excluding carboxylic acids is 1. The topological polar surface area (TPSA) is 78.4 Å². The van der Waals surface area contributed by atoms with Crippen molar-refractivity contribution in [3.63, 3.8) is 0 Å². The molecule has 2 unspecified atom stereocenters. The maximum atomic E-state index is 12.1. The van der Waals surface area contributed by atoms with Gasteiger partial charge in [0.05, 0.1) is 5.92 Å². The molecule has 0 spiro atoms. The molecule has 0 aromatic rings. The number of hydrogen-bond donors (Lipinski definition) is 3. The van der Waals surface area contributed by atoms with Gasteiger partial charge in [-0.1, -0.05) is 26.2 Å². The van der Waals surface area contributed by atoms with Gasteiger partial charge < -0.3 is 15.7 Å². The normalized spacial score (nSPS) is 28.9. The number of hydrogen-bond acceptors (Lipinski definition) is 2. The molecule has 3 N–H and O–H groups in total. The van der Waals surface area contributed by atoms with Gasteiger partial charge in [-0.15, -0.1) is 0 Å². The predicted molar refractivity (Wildman–Crippen MR) is 76.5 cm³/mol. The van der Waals surface area contributed by atoms with Crippen molar-refractivity contribution < 1.29 is 14.7 Å². The van der Waals surface area contributed by atoms with Crippen LogP contribution in [0.25, 0.3) is 0 Å². The second-order valence-electron chi connectivity index (χ2n) is 6.28. The minimum absolute atomic E-state index is 0.0481. The van der Waals surface area contributed by atoms with Gasteiger partial charge in [0, 0.05) is 11.6 Å². The summed E-state index contributed by atoms with van der Waals surface area (Å²) in [5.41, 5.74) is -0.0481. The van der Waals surface area contributed by atoms with E-state index < -0.39 is 11.9 Å². The summed E-state index contributed by atoms with van der Waals surface area (Å²) in [7, 11) is 0. The summed E-state index contributed by atoms with van der Waals surface area (Å²) in [6.45, 7) is 2.09. The number of nitrogens with one attached hydrogen (secondary N) is 2. The summed E-state index contributed by atoms with van der Waals surface area (Å²) in [5, 5.41) is 15.3. The van der Waals surface area contributed by atoms with Gasteiger partial charge in [0.2, 0.25) is 0 Å². The monoisotopic (exact) mass is 282 g/mol. The number of urea groups is 1. The van der Waals surface area contributed by atoms with Gasteiger partial charge in [0.15, 0.2) is 0 Å². The second kappa shape index (κ2) is 6.46. The highest BCUT2D eigenvalue weighted by molar-refractivity contribution is 5.77. The third kappa shape index (κ3) is 3.44. The summed E-state index contributed by atoms with van der Waals surface area (Å²) < 4.78 is 0. The van der Waals surface area contributed by atoms with Gasteiger partial charge in [0.1, 0.15) is 0 Å². The second-order valence-corrected chi connectivity index (χ2v) is 6.28. The molecule has 5 nitrogen and oxygen atoms in total. The van der Waals surface area contributed by atoms with Crippen LogP contribution in [-0.2, 0) is 4.79 Å². The molecule has 114 valence electrons. The first kappa shape index (κ1) is 15.1. The van der Waals surface area contributed by atoms with E-state index in [0.29, 0.717) is 6.42 Å². The van der Waals surface area contributed by atoms with Crippen molar-refractivity contribution >= 4 is 12.0 Å². The zero-order chi connectivity index (χ0) is 14.6. The molecule has 0 heterocycles. The summed E-state index contributed by atoms with van der Waals surface area (Å²) in [6.07, 6.45) is 8.59. The maximum Gasteiger partial charge on any atom is 0.315 e. The van der Waals surface area contributed by atoms with Crippen molar-refractivity contribution in [1.82, 2.24) is 10.6 Å². The van der Waals surface area contributed by atoms with Crippen LogP contribution < -0.4 is 10.6 Å². The highest BCUT2D eigenvalue weighted by Crippen LogP contribution is 2.34. The molecule has 2 atom stereocenters. The fraction of sp³-hybridized carbons (Fsp3) is 0.867. The summed E-state index contributed by atoms with van der Waals surface area (Å²) in [5.74, 6) is -1.23. The van der Waals surface area contributed by atoms with Gasteiger partial charge in [-0.3, -0.25) is 4.79 Å². The largest absolute Gasteiger partial charge is 0.481 e. The van der Waals surface area contributed by atoms with Crippen LogP contribution in [0, 0.1) is 5.92 Å². The van der Waals surface area contributed by atoms with E-state index >= 15 is 0 Å². The first-order chi connectivity index (χ1) is 9.56. The van der Waals surface area contributed by atoms with Crippen molar-refractivity contribution in [1.29, 1.82) is 0 Å². The molecule has 2 saturated carbocycles. The lowest BCUT2D eigenvalue weighted by molar-refractivity contribution is -0.142. The third-order valence-corrected chi connectivity index (χ3v) is 5.02. The van der Waals surface area contributed by atoms with Crippen LogP contribution in [0.5, 0.6) is 0 Å². The fourth-order valence-corrected chi connectivity index (χ4v) is 3.39. The number of carbonyl (C=O) groups is 2. The highest BCUT2D eigenvalue weighted by atomic mass is 16.4. The molecule has 2 fully saturated rings. The number of amides is 2. The molecule has 20 heavy (non-hydrogen) atoms. The van der Waals surface area contributed by atoms with Gasteiger partial charge >= 0.3 is 12.0 Å². The molecule has 2 rings (SSSR count). The molecule has 2 amide bonds. The molecule has 2 aliphatic rings. The van der Waals surface area contributed by atoms with Crippen molar-refractivity contribution in [2.45, 2.75) is 76.3 Å². The summed E-state index contributed by atoms with van der Waals surface area (Å²) in [6, 6.07) is -0.423. The van der Waals surface area contributed by atoms with E-state index in [1.807, 2.05) is 0 Å². The lowest BCUT2D eigenvalue weighted by Gasteiger charge is -2.42. The van der Waals surface area contributed by atoms with E-state index in [0.717, 1.165) is 51.4 Å². The van der Waals surface area contributed by atoms with E-state index in [2.05, 4.69) is 17.6 Å². The van der Waals surface area contributed by atoms with E-state index in [4.69, 9.17) is 0 Å². The van der Waals surface area contributed by atoms with Gasteiger partial charge in [-0.25, -0.2) is 4.79 Å². The van der Waals surface area contributed by atoms with Gasteiger partial charge in [-0.2, -0.15) is 0 Å². The zero-order valence-electron chi connectivity index (χ0n) is 12.3. The highest BCUT2D eigenvalue weighted by Gasteiger charge is 2.37. The van der Waals surface area contributed by atoms with E-state index in [1.54, 1.807) is 0 Å². The zero-order valence-corrected chi connectivity index (χ0v) is 12.3. The molecule has 0 aromatic carbocycles. The van der Waals surface area contributed by atoms with Gasteiger partial charge in [0.25, 0.3) is 0 Å². The van der Waals surface area contributed by atoms with Crippen molar-refractivity contribution in [3.8, 4) is 0 Å². The number of aliphatic carboxylic acids is 1. The van der Waals surface area contributed by atoms with Crippen molar-refractivity contribution in [2.75, 3.05) is 0 Å². The Hall–Kier alpha value is -1.26. The molecule has 0 aromatic heterocycles. The number of rotatable bonds is 4. The molecule has 0 bridgehead atoms. The number of carboxylic acid groups (broad SMARTS) is 1.